The summed E-state index contributed by atoms with van der Waals surface area (Å²) in [6.07, 6.45) is -8.76. The van der Waals surface area contributed by atoms with Crippen molar-refractivity contribution in [2.75, 3.05) is 13.2 Å². The highest BCUT2D eigenvalue weighted by Gasteiger charge is 2.56. The maximum Gasteiger partial charge on any atom is 0.346 e. The number of aliphatic hydroxyl groups excluding tert-OH is 4. The lowest BCUT2D eigenvalue weighted by molar-refractivity contribution is -0.320. The Balaban J connectivity index is 1.56. The number of benzene rings is 2. The Morgan fingerprint density at radius 1 is 1.08 bits per heavy atom. The van der Waals surface area contributed by atoms with Crippen molar-refractivity contribution >= 4 is 22.9 Å². The maximum absolute atomic E-state index is 13.0. The van der Waals surface area contributed by atoms with Gasteiger partial charge in [0.05, 0.1) is 17.6 Å². The van der Waals surface area contributed by atoms with Gasteiger partial charge in [0, 0.05) is 6.07 Å². The molecule has 39 heavy (non-hydrogen) atoms. The molecule has 0 amide bonds. The van der Waals surface area contributed by atoms with Crippen molar-refractivity contribution in [2.45, 2.75) is 36.3 Å². The van der Waals surface area contributed by atoms with E-state index < -0.39 is 61.5 Å². The minimum absolute atomic E-state index is 0.0247. The van der Waals surface area contributed by atoms with Gasteiger partial charge in [0.1, 0.15) is 53.9 Å². The number of carboxylic acids is 1. The molecule has 6 atom stereocenters. The number of esters is 1. The first-order chi connectivity index (χ1) is 18.5. The molecule has 0 saturated carbocycles. The molecule has 1 fully saturated rings. The van der Waals surface area contributed by atoms with Crippen LogP contribution in [0.4, 0.5) is 0 Å². The Labute approximate surface area is 218 Å². The van der Waals surface area contributed by atoms with Crippen molar-refractivity contribution in [1.29, 1.82) is 0 Å². The van der Waals surface area contributed by atoms with Gasteiger partial charge in [-0.25, -0.2) is 9.59 Å². The molecule has 0 spiro atoms. The van der Waals surface area contributed by atoms with Gasteiger partial charge in [0.25, 0.3) is 0 Å². The highest BCUT2D eigenvalue weighted by molar-refractivity contribution is 5.96. The van der Waals surface area contributed by atoms with Crippen LogP contribution >= 0.6 is 0 Å². The summed E-state index contributed by atoms with van der Waals surface area (Å²) >= 11 is 0. The number of ether oxygens (including phenoxy) is 3. The van der Waals surface area contributed by atoms with Crippen molar-refractivity contribution in [3.8, 4) is 22.6 Å². The zero-order valence-electron chi connectivity index (χ0n) is 19.9. The number of hydrogen-bond donors (Lipinski definition) is 7. The van der Waals surface area contributed by atoms with Crippen LogP contribution in [0.2, 0.25) is 0 Å². The van der Waals surface area contributed by atoms with Gasteiger partial charge >= 0.3 is 11.9 Å². The van der Waals surface area contributed by atoms with Crippen LogP contribution in [-0.4, -0.2) is 97.2 Å². The van der Waals surface area contributed by atoms with Crippen LogP contribution in [0.25, 0.3) is 22.1 Å². The van der Waals surface area contributed by atoms with E-state index in [4.69, 9.17) is 19.0 Å². The quantitative estimate of drug-likeness (QED) is 0.128. The summed E-state index contributed by atoms with van der Waals surface area (Å²) in [5, 5.41) is 68.9. The number of carbonyl (C=O) groups is 2. The van der Waals surface area contributed by atoms with Gasteiger partial charge in [-0.15, -0.1) is 0 Å². The third-order valence-corrected chi connectivity index (χ3v) is 6.22. The van der Waals surface area contributed by atoms with E-state index in [-0.39, 0.29) is 33.5 Å². The lowest BCUT2D eigenvalue weighted by atomic mass is 9.85. The first-order valence-corrected chi connectivity index (χ1v) is 11.4. The fourth-order valence-electron chi connectivity index (χ4n) is 3.96. The molecule has 1 aliphatic heterocycles. The Morgan fingerprint density at radius 3 is 2.41 bits per heavy atom. The molecule has 2 heterocycles. The second-order valence-corrected chi connectivity index (χ2v) is 8.75. The predicted molar refractivity (Wildman–Crippen MR) is 128 cm³/mol. The topological polar surface area (TPSA) is 234 Å². The largest absolute Gasteiger partial charge is 0.508 e. The SMILES string of the molecule is O=C(O)C(O)C(=O)OCC1OC(Oc2ccc3c(=O)c(-c4ccc(O)cc4)coc3c2)C(O)C(O)(CO)C1O. The second kappa shape index (κ2) is 11.0. The zero-order chi connectivity index (χ0) is 28.5. The van der Waals surface area contributed by atoms with Crippen molar-refractivity contribution in [1.82, 2.24) is 0 Å². The normalized spacial score (nSPS) is 25.7. The Morgan fingerprint density at radius 2 is 1.77 bits per heavy atom. The molecule has 7 N–H and O–H groups in total. The fourth-order valence-corrected chi connectivity index (χ4v) is 3.96. The third-order valence-electron chi connectivity index (χ3n) is 6.22. The molecule has 1 saturated heterocycles. The smallest absolute Gasteiger partial charge is 0.346 e. The van der Waals surface area contributed by atoms with E-state index in [2.05, 4.69) is 4.74 Å². The lowest BCUT2D eigenvalue weighted by Crippen LogP contribution is -2.69. The van der Waals surface area contributed by atoms with Crippen molar-refractivity contribution in [2.24, 2.45) is 0 Å². The molecule has 208 valence electrons. The van der Waals surface area contributed by atoms with Gasteiger partial charge < -0.3 is 54.4 Å². The van der Waals surface area contributed by atoms with Gasteiger partial charge in [0.15, 0.2) is 5.43 Å². The predicted octanol–water partition coefficient (Wildman–Crippen LogP) is -1.30. The van der Waals surface area contributed by atoms with Gasteiger partial charge in [0.2, 0.25) is 12.4 Å². The summed E-state index contributed by atoms with van der Waals surface area (Å²) in [4.78, 5) is 35.4. The number of aliphatic hydroxyl groups is 5. The lowest BCUT2D eigenvalue weighted by Gasteiger charge is -2.46. The molecule has 1 aromatic heterocycles. The van der Waals surface area contributed by atoms with E-state index in [9.17, 15) is 45.0 Å². The number of aromatic hydroxyl groups is 1. The molecule has 2 aromatic carbocycles. The molecule has 0 radical (unpaired) electrons. The monoisotopic (exact) mass is 548 g/mol. The van der Waals surface area contributed by atoms with Crippen LogP contribution in [0, 0.1) is 0 Å². The summed E-state index contributed by atoms with van der Waals surface area (Å²) in [5.74, 6) is -3.46. The van der Waals surface area contributed by atoms with Gasteiger partial charge in [-0.2, -0.15) is 0 Å². The first kappa shape index (κ1) is 28.0. The number of rotatable bonds is 8. The highest BCUT2D eigenvalue weighted by Crippen LogP contribution is 2.33. The van der Waals surface area contributed by atoms with Crippen LogP contribution in [0.3, 0.4) is 0 Å². The molecular weight excluding hydrogens is 524 g/mol. The summed E-state index contributed by atoms with van der Waals surface area (Å²) in [5.41, 5.74) is -2.18. The van der Waals surface area contributed by atoms with Crippen LogP contribution in [-0.2, 0) is 19.1 Å². The number of carbonyl (C=O) groups excluding carboxylic acids is 1. The zero-order valence-corrected chi connectivity index (χ0v) is 19.9. The van der Waals surface area contributed by atoms with E-state index >= 15 is 0 Å². The molecule has 6 unspecified atom stereocenters. The number of hydrogen-bond acceptors (Lipinski definition) is 13. The first-order valence-electron chi connectivity index (χ1n) is 11.4. The Hall–Kier alpha value is -4.05. The molecule has 14 heteroatoms. The van der Waals surface area contributed by atoms with E-state index in [0.29, 0.717) is 5.56 Å². The van der Waals surface area contributed by atoms with Crippen LogP contribution in [0.15, 0.2) is 57.9 Å². The number of aliphatic carboxylic acids is 1. The average molecular weight is 548 g/mol. The number of fused-ring (bicyclic) bond motifs is 1. The van der Waals surface area contributed by atoms with Crippen molar-refractivity contribution in [3.63, 3.8) is 0 Å². The average Bonchev–Trinajstić information content (AvgIpc) is 2.92. The fraction of sp³-hybridized carbons (Fsp3) is 0.320. The number of phenolic OH excluding ortho intramolecular Hbond substituents is 1. The molecule has 3 aromatic rings. The number of phenols is 1. The molecule has 0 aliphatic carbocycles. The van der Waals surface area contributed by atoms with Crippen molar-refractivity contribution in [3.05, 3.63) is 59.0 Å². The summed E-state index contributed by atoms with van der Waals surface area (Å²) in [6.45, 7) is -2.06. The minimum atomic E-state index is -2.62. The summed E-state index contributed by atoms with van der Waals surface area (Å²) in [7, 11) is 0. The van der Waals surface area contributed by atoms with Gasteiger partial charge in [-0.3, -0.25) is 4.79 Å². The summed E-state index contributed by atoms with van der Waals surface area (Å²) < 4.78 is 21.2. The van der Waals surface area contributed by atoms with E-state index in [1.54, 1.807) is 12.1 Å². The summed E-state index contributed by atoms with van der Waals surface area (Å²) in [6, 6.07) is 9.90. The van der Waals surface area contributed by atoms with Crippen molar-refractivity contribution < 1.29 is 64.0 Å². The molecule has 14 nitrogen and oxygen atoms in total. The highest BCUT2D eigenvalue weighted by atomic mass is 16.7. The van der Waals surface area contributed by atoms with E-state index in [0.717, 1.165) is 0 Å². The maximum atomic E-state index is 13.0. The molecular formula is C25H24O14. The third kappa shape index (κ3) is 5.42. The van der Waals surface area contributed by atoms with Crippen LogP contribution in [0.5, 0.6) is 11.5 Å². The van der Waals surface area contributed by atoms with Gasteiger partial charge in [-0.1, -0.05) is 12.1 Å². The Kier molecular flexibility index (Phi) is 7.87. The Bertz CT molecular complexity index is 1420. The minimum Gasteiger partial charge on any atom is -0.508 e. The molecule has 1 aliphatic rings. The van der Waals surface area contributed by atoms with Gasteiger partial charge in [-0.05, 0) is 29.8 Å². The van der Waals surface area contributed by atoms with Crippen LogP contribution in [0.1, 0.15) is 0 Å². The van der Waals surface area contributed by atoms with E-state index in [1.807, 2.05) is 0 Å². The second-order valence-electron chi connectivity index (χ2n) is 8.75. The van der Waals surface area contributed by atoms with E-state index in [1.165, 1.54) is 36.6 Å². The molecule has 0 bridgehead atoms. The standard InChI is InChI=1S/C25H24O14/c26-10-25(35)20(30)17(9-37-23(34)19(29)22(32)33)39-24(21(25)31)38-13-5-6-14-16(7-13)36-8-15(18(14)28)11-1-3-12(27)4-2-11/h1-8,17,19-21,24,26-27,29-31,35H,9-10H2,(H,32,33). The number of carboxylic acid groups (broad SMARTS) is 1. The van der Waals surface area contributed by atoms with Crippen LogP contribution < -0.4 is 10.2 Å². The molecule has 4 rings (SSSR count).